The highest BCUT2D eigenvalue weighted by atomic mass is 16.2. The average Bonchev–Trinajstić information content (AvgIpc) is 3.25. The Morgan fingerprint density at radius 1 is 0.500 bits per heavy atom. The molecule has 6 nitrogen and oxygen atoms in total. The lowest BCUT2D eigenvalue weighted by molar-refractivity contribution is -0.137. The van der Waals surface area contributed by atoms with Crippen molar-refractivity contribution in [3.63, 3.8) is 0 Å². The predicted molar refractivity (Wildman–Crippen MR) is 127 cm³/mol. The van der Waals surface area contributed by atoms with Gasteiger partial charge < -0.3 is 0 Å². The lowest BCUT2D eigenvalue weighted by atomic mass is 9.54. The quantitative estimate of drug-likeness (QED) is 0.513. The van der Waals surface area contributed by atoms with Gasteiger partial charge in [-0.25, -0.2) is 0 Å². The van der Waals surface area contributed by atoms with Gasteiger partial charge in [-0.2, -0.15) is 0 Å². The van der Waals surface area contributed by atoms with Crippen molar-refractivity contribution in [2.24, 2.45) is 35.5 Å². The molecule has 0 spiro atoms. The van der Waals surface area contributed by atoms with E-state index >= 15 is 0 Å². The van der Waals surface area contributed by atoms with E-state index in [0.29, 0.717) is 11.4 Å². The summed E-state index contributed by atoms with van der Waals surface area (Å²) >= 11 is 0. The zero-order valence-corrected chi connectivity index (χ0v) is 19.6. The second kappa shape index (κ2) is 6.98. The lowest BCUT2D eigenvalue weighted by Gasteiger charge is -2.44. The number of allylic oxidation sites excluding steroid dienone is 2. The number of nitrogens with zero attached hydrogens (tertiary/aromatic N) is 2. The summed E-state index contributed by atoms with van der Waals surface area (Å²) in [5.41, 5.74) is 5.29. The average molecular weight is 455 g/mol. The van der Waals surface area contributed by atoms with Crippen LogP contribution in [0.2, 0.25) is 0 Å². The number of rotatable bonds is 2. The van der Waals surface area contributed by atoms with Crippen molar-refractivity contribution in [3.8, 4) is 0 Å². The summed E-state index contributed by atoms with van der Waals surface area (Å²) in [5, 5.41) is 0. The summed E-state index contributed by atoms with van der Waals surface area (Å²) in [7, 11) is 0. The van der Waals surface area contributed by atoms with E-state index in [-0.39, 0.29) is 23.6 Å². The maximum Gasteiger partial charge on any atom is 0.238 e. The monoisotopic (exact) mass is 454 g/mol. The van der Waals surface area contributed by atoms with E-state index in [1.54, 1.807) is 12.1 Å². The van der Waals surface area contributed by atoms with Crippen LogP contribution in [0.15, 0.2) is 48.6 Å². The van der Waals surface area contributed by atoms with Crippen LogP contribution in [0.4, 0.5) is 11.4 Å². The van der Waals surface area contributed by atoms with Crippen molar-refractivity contribution in [2.75, 3.05) is 9.80 Å². The Morgan fingerprint density at radius 3 is 1.12 bits per heavy atom. The number of imide groups is 2. The molecule has 1 saturated carbocycles. The van der Waals surface area contributed by atoms with Gasteiger partial charge in [-0.15, -0.1) is 0 Å². The van der Waals surface area contributed by atoms with Crippen molar-refractivity contribution in [1.29, 1.82) is 0 Å². The van der Waals surface area contributed by atoms with E-state index in [9.17, 15) is 19.2 Å². The second-order valence-corrected chi connectivity index (χ2v) is 10.2. The number of benzene rings is 2. The molecular formula is C28H26N2O4. The first kappa shape index (κ1) is 21.0. The third kappa shape index (κ3) is 2.57. The Balaban J connectivity index is 1.39. The van der Waals surface area contributed by atoms with Gasteiger partial charge in [0.1, 0.15) is 0 Å². The fraction of sp³-hybridized carbons (Fsp3) is 0.357. The van der Waals surface area contributed by atoms with Crippen LogP contribution in [0, 0.1) is 63.2 Å². The molecule has 0 aromatic heterocycles. The van der Waals surface area contributed by atoms with Crippen LogP contribution in [0.1, 0.15) is 22.3 Å². The Hall–Kier alpha value is -3.54. The Morgan fingerprint density at radius 2 is 0.824 bits per heavy atom. The first-order chi connectivity index (χ1) is 16.2. The molecule has 172 valence electrons. The van der Waals surface area contributed by atoms with Crippen LogP contribution < -0.4 is 9.80 Å². The third-order valence-corrected chi connectivity index (χ3v) is 8.51. The molecule has 2 aliphatic heterocycles. The molecule has 3 fully saturated rings. The zero-order valence-electron chi connectivity index (χ0n) is 19.6. The molecule has 2 aromatic rings. The van der Waals surface area contributed by atoms with Crippen LogP contribution in [0.5, 0.6) is 0 Å². The molecule has 0 radical (unpaired) electrons. The van der Waals surface area contributed by atoms with Crippen LogP contribution >= 0.6 is 0 Å². The molecule has 4 amide bonds. The van der Waals surface area contributed by atoms with Crippen LogP contribution in [0.25, 0.3) is 0 Å². The van der Waals surface area contributed by atoms with E-state index in [2.05, 4.69) is 0 Å². The van der Waals surface area contributed by atoms with E-state index in [0.717, 1.165) is 22.3 Å². The van der Waals surface area contributed by atoms with Crippen molar-refractivity contribution < 1.29 is 19.2 Å². The zero-order chi connectivity index (χ0) is 24.0. The highest BCUT2D eigenvalue weighted by Crippen LogP contribution is 2.58. The lowest BCUT2D eigenvalue weighted by Crippen LogP contribution is -2.50. The number of carbonyl (C=O) groups is 4. The summed E-state index contributed by atoms with van der Waals surface area (Å²) in [5.74, 6) is -4.40. The van der Waals surface area contributed by atoms with Gasteiger partial charge in [0.25, 0.3) is 0 Å². The molecule has 0 unspecified atom stereocenters. The fourth-order valence-electron chi connectivity index (χ4n) is 6.46. The maximum absolute atomic E-state index is 13.6. The van der Waals surface area contributed by atoms with Crippen molar-refractivity contribution in [2.45, 2.75) is 27.7 Å². The molecule has 2 aromatic carbocycles. The summed E-state index contributed by atoms with van der Waals surface area (Å²) in [6, 6.07) is 11.1. The maximum atomic E-state index is 13.6. The molecule has 34 heavy (non-hydrogen) atoms. The van der Waals surface area contributed by atoms with Crippen molar-refractivity contribution in [1.82, 2.24) is 0 Å². The molecule has 5 aliphatic rings. The second-order valence-electron chi connectivity index (χ2n) is 10.2. The standard InChI is InChI=1S/C28H26N2O4/c1-13-5-7-17(11-15(13)3)29-25(31)21-19-9-10-20(22(21)26(29)32)24-23(19)27(33)30(28(24)34)18-8-6-14(2)16(4)12-18/h5-12,19-24H,1-4H3/t19?,20?,21-,22+,23-,24+. The predicted octanol–water partition coefficient (Wildman–Crippen LogP) is 3.65. The van der Waals surface area contributed by atoms with Crippen molar-refractivity contribution >= 4 is 35.0 Å². The Bertz CT molecular complexity index is 1200. The van der Waals surface area contributed by atoms with E-state index in [1.807, 2.05) is 64.1 Å². The summed E-state index contributed by atoms with van der Waals surface area (Å²) in [6.07, 6.45) is 3.80. The van der Waals surface area contributed by atoms with Gasteiger partial charge in [-0.1, -0.05) is 24.3 Å². The number of carbonyl (C=O) groups excluding carboxylic acids is 4. The Kier molecular flexibility index (Phi) is 4.32. The highest BCUT2D eigenvalue weighted by molar-refractivity contribution is 6.26. The van der Waals surface area contributed by atoms with Crippen LogP contribution in [0.3, 0.4) is 0 Å². The Labute approximate surface area is 198 Å². The van der Waals surface area contributed by atoms with Crippen LogP contribution in [-0.4, -0.2) is 23.6 Å². The van der Waals surface area contributed by atoms with Gasteiger partial charge >= 0.3 is 0 Å². The third-order valence-electron chi connectivity index (χ3n) is 8.51. The van der Waals surface area contributed by atoms with E-state index in [4.69, 9.17) is 0 Å². The number of amides is 4. The largest absolute Gasteiger partial charge is 0.274 e. The number of aryl methyl sites for hydroxylation is 4. The normalized spacial score (nSPS) is 31.5. The highest BCUT2D eigenvalue weighted by Gasteiger charge is 2.68. The molecule has 6 heteroatoms. The van der Waals surface area contributed by atoms with Gasteiger partial charge in [0, 0.05) is 11.8 Å². The van der Waals surface area contributed by atoms with Crippen LogP contribution in [-0.2, 0) is 19.2 Å². The summed E-state index contributed by atoms with van der Waals surface area (Å²) in [4.78, 5) is 57.0. The number of hydrogen-bond donors (Lipinski definition) is 0. The minimum atomic E-state index is -0.609. The molecule has 3 aliphatic carbocycles. The molecule has 2 bridgehead atoms. The van der Waals surface area contributed by atoms with Gasteiger partial charge in [-0.3, -0.25) is 29.0 Å². The molecular weight excluding hydrogens is 428 g/mol. The molecule has 7 rings (SSSR count). The van der Waals surface area contributed by atoms with Gasteiger partial charge in [0.15, 0.2) is 0 Å². The van der Waals surface area contributed by atoms with Gasteiger partial charge in [-0.05, 0) is 74.2 Å². The summed E-state index contributed by atoms with van der Waals surface area (Å²) < 4.78 is 0. The number of hydrogen-bond acceptors (Lipinski definition) is 4. The van der Waals surface area contributed by atoms with Crippen molar-refractivity contribution in [3.05, 3.63) is 70.8 Å². The minimum absolute atomic E-state index is 0.263. The van der Waals surface area contributed by atoms with Gasteiger partial charge in [0.2, 0.25) is 23.6 Å². The van der Waals surface area contributed by atoms with Gasteiger partial charge in [0.05, 0.1) is 35.0 Å². The summed E-state index contributed by atoms with van der Waals surface area (Å²) in [6.45, 7) is 7.86. The molecule has 2 saturated heterocycles. The SMILES string of the molecule is Cc1ccc(N2C(=O)[C@@H]3C4C=CC([C@@H]3C2=O)[C@@H]2C(=O)N(c3ccc(C)c(C)c3)C(=O)[C@H]42)cc1C. The molecule has 4 atom stereocenters. The molecule has 2 heterocycles. The van der Waals surface area contributed by atoms with E-state index < -0.39 is 35.5 Å². The topological polar surface area (TPSA) is 74.8 Å². The smallest absolute Gasteiger partial charge is 0.238 e. The van der Waals surface area contributed by atoms with E-state index in [1.165, 1.54) is 9.80 Å². The molecule has 0 N–H and O–H groups in total. The fourth-order valence-corrected chi connectivity index (χ4v) is 6.46. The first-order valence-corrected chi connectivity index (χ1v) is 11.8. The minimum Gasteiger partial charge on any atom is -0.274 e. The number of anilines is 2. The first-order valence-electron chi connectivity index (χ1n) is 11.8.